The van der Waals surface area contributed by atoms with Gasteiger partial charge in [0.05, 0.1) is 36.3 Å². The number of carbonyl (C=O) groups excluding carboxylic acids is 2. The van der Waals surface area contributed by atoms with E-state index in [0.29, 0.717) is 31.0 Å². The molecule has 148 valence electrons. The second-order valence-corrected chi connectivity index (χ2v) is 6.89. The Hall–Kier alpha value is -3.32. The molecule has 1 atom stereocenters. The molecule has 0 radical (unpaired) electrons. The molecule has 4 rings (SSSR count). The van der Waals surface area contributed by atoms with E-state index in [1.165, 1.54) is 0 Å². The molecule has 29 heavy (non-hydrogen) atoms. The highest BCUT2D eigenvalue weighted by molar-refractivity contribution is 6.06. The maximum atomic E-state index is 12.7. The van der Waals surface area contributed by atoms with E-state index in [0.717, 1.165) is 16.6 Å². The van der Waals surface area contributed by atoms with Crippen molar-refractivity contribution in [2.45, 2.75) is 12.5 Å². The van der Waals surface area contributed by atoms with Crippen LogP contribution >= 0.6 is 0 Å². The number of aromatic nitrogens is 2. The minimum atomic E-state index is -0.385. The van der Waals surface area contributed by atoms with Crippen molar-refractivity contribution in [3.05, 3.63) is 71.7 Å². The van der Waals surface area contributed by atoms with Crippen molar-refractivity contribution in [3.63, 3.8) is 0 Å². The summed E-state index contributed by atoms with van der Waals surface area (Å²) in [6.07, 6.45) is 1.55. The van der Waals surface area contributed by atoms with Crippen molar-refractivity contribution in [2.24, 2.45) is 0 Å². The molecule has 2 amide bonds. The number of para-hydroxylation sites is 1. The first-order chi connectivity index (χ1) is 14.2. The molecule has 0 spiro atoms. The SMILES string of the molecule is CNC(=O)c1cc(C2CN(C(=O)Cc3ccccn3)CCO2)nc2ccccc12. The van der Waals surface area contributed by atoms with Crippen molar-refractivity contribution >= 4 is 22.7 Å². The van der Waals surface area contributed by atoms with Crippen LogP contribution in [0.3, 0.4) is 0 Å². The van der Waals surface area contributed by atoms with Crippen molar-refractivity contribution in [1.82, 2.24) is 20.2 Å². The predicted molar refractivity (Wildman–Crippen MR) is 108 cm³/mol. The number of ether oxygens (including phenoxy) is 1. The van der Waals surface area contributed by atoms with Gasteiger partial charge in [0.2, 0.25) is 5.91 Å². The summed E-state index contributed by atoms with van der Waals surface area (Å²) >= 11 is 0. The van der Waals surface area contributed by atoms with E-state index in [9.17, 15) is 9.59 Å². The van der Waals surface area contributed by atoms with Gasteiger partial charge in [0.15, 0.2) is 0 Å². The summed E-state index contributed by atoms with van der Waals surface area (Å²) in [5.74, 6) is -0.173. The van der Waals surface area contributed by atoms with Crippen molar-refractivity contribution in [2.75, 3.05) is 26.7 Å². The summed E-state index contributed by atoms with van der Waals surface area (Å²) in [5.41, 5.74) is 2.67. The van der Waals surface area contributed by atoms with Gasteiger partial charge in [0.1, 0.15) is 6.10 Å². The number of hydrogen-bond donors (Lipinski definition) is 1. The first-order valence-corrected chi connectivity index (χ1v) is 9.57. The molecule has 1 saturated heterocycles. The molecule has 0 aliphatic carbocycles. The van der Waals surface area contributed by atoms with Crippen molar-refractivity contribution < 1.29 is 14.3 Å². The van der Waals surface area contributed by atoms with Crippen LogP contribution in [0.25, 0.3) is 10.9 Å². The molecule has 7 nitrogen and oxygen atoms in total. The van der Waals surface area contributed by atoms with Crippen LogP contribution < -0.4 is 5.32 Å². The van der Waals surface area contributed by atoms with Crippen molar-refractivity contribution in [3.8, 4) is 0 Å². The van der Waals surface area contributed by atoms with E-state index in [1.54, 1.807) is 24.2 Å². The number of rotatable bonds is 4. The number of nitrogens with one attached hydrogen (secondary N) is 1. The van der Waals surface area contributed by atoms with Crippen molar-refractivity contribution in [1.29, 1.82) is 0 Å². The maximum Gasteiger partial charge on any atom is 0.251 e. The van der Waals surface area contributed by atoms with Gasteiger partial charge in [0.25, 0.3) is 5.91 Å². The van der Waals surface area contributed by atoms with Crippen LogP contribution in [-0.2, 0) is 16.0 Å². The van der Waals surface area contributed by atoms with Gasteiger partial charge in [-0.05, 0) is 24.3 Å². The molecule has 3 heterocycles. The second-order valence-electron chi connectivity index (χ2n) is 6.89. The molecule has 0 saturated carbocycles. The molecule has 1 fully saturated rings. The third kappa shape index (κ3) is 4.09. The number of morpholine rings is 1. The highest BCUT2D eigenvalue weighted by Gasteiger charge is 2.27. The third-order valence-corrected chi connectivity index (χ3v) is 5.02. The lowest BCUT2D eigenvalue weighted by Gasteiger charge is -2.33. The Bertz CT molecular complexity index is 1040. The molecule has 1 aromatic carbocycles. The summed E-state index contributed by atoms with van der Waals surface area (Å²) in [4.78, 5) is 35.8. The predicted octanol–water partition coefficient (Wildman–Crippen LogP) is 2.13. The Balaban J connectivity index is 1.58. The lowest BCUT2D eigenvalue weighted by molar-refractivity contribution is -0.138. The van der Waals surface area contributed by atoms with Crippen LogP contribution in [0, 0.1) is 0 Å². The number of fused-ring (bicyclic) bond motifs is 1. The minimum absolute atomic E-state index is 0.00399. The van der Waals surface area contributed by atoms with Gasteiger partial charge in [-0.3, -0.25) is 14.6 Å². The molecule has 0 bridgehead atoms. The van der Waals surface area contributed by atoms with Crippen LogP contribution in [0.4, 0.5) is 0 Å². The summed E-state index contributed by atoms with van der Waals surface area (Å²) in [6, 6.07) is 14.8. The van der Waals surface area contributed by atoms with E-state index in [4.69, 9.17) is 9.72 Å². The standard InChI is InChI=1S/C22H22N4O3/c1-23-22(28)17-13-19(25-18-8-3-2-7-16(17)18)20-14-26(10-11-29-20)21(27)12-15-6-4-5-9-24-15/h2-9,13,20H,10-12,14H2,1H3,(H,23,28). The third-order valence-electron chi connectivity index (χ3n) is 5.02. The number of hydrogen-bond acceptors (Lipinski definition) is 5. The van der Waals surface area contributed by atoms with Gasteiger partial charge < -0.3 is 15.0 Å². The van der Waals surface area contributed by atoms with Crippen LogP contribution in [0.2, 0.25) is 0 Å². The van der Waals surface area contributed by atoms with Gasteiger partial charge in [-0.2, -0.15) is 0 Å². The Labute approximate surface area is 168 Å². The summed E-state index contributed by atoms with van der Waals surface area (Å²) in [7, 11) is 1.60. The Morgan fingerprint density at radius 2 is 2.03 bits per heavy atom. The molecule has 1 aliphatic heterocycles. The number of carbonyl (C=O) groups is 2. The lowest BCUT2D eigenvalue weighted by Crippen LogP contribution is -2.43. The Morgan fingerprint density at radius 3 is 2.83 bits per heavy atom. The van der Waals surface area contributed by atoms with Gasteiger partial charge >= 0.3 is 0 Å². The van der Waals surface area contributed by atoms with Crippen LogP contribution in [0.1, 0.15) is 27.8 Å². The Morgan fingerprint density at radius 1 is 1.21 bits per heavy atom. The van der Waals surface area contributed by atoms with E-state index in [1.807, 2.05) is 42.5 Å². The highest BCUT2D eigenvalue weighted by atomic mass is 16.5. The average molecular weight is 390 g/mol. The molecule has 3 aromatic rings. The first kappa shape index (κ1) is 19.0. The van der Waals surface area contributed by atoms with E-state index in [-0.39, 0.29) is 24.3 Å². The molecule has 1 aliphatic rings. The number of amides is 2. The average Bonchev–Trinajstić information content (AvgIpc) is 2.78. The highest BCUT2D eigenvalue weighted by Crippen LogP contribution is 2.26. The zero-order chi connectivity index (χ0) is 20.2. The quantitative estimate of drug-likeness (QED) is 0.738. The molecular weight excluding hydrogens is 368 g/mol. The normalized spacial score (nSPS) is 16.6. The molecular formula is C22H22N4O3. The fourth-order valence-corrected chi connectivity index (χ4v) is 3.51. The maximum absolute atomic E-state index is 12.7. The zero-order valence-corrected chi connectivity index (χ0v) is 16.2. The van der Waals surface area contributed by atoms with Gasteiger partial charge in [-0.1, -0.05) is 24.3 Å². The molecule has 2 aromatic heterocycles. The summed E-state index contributed by atoms with van der Waals surface area (Å²) < 4.78 is 5.91. The molecule has 7 heteroatoms. The fourth-order valence-electron chi connectivity index (χ4n) is 3.51. The number of benzene rings is 1. The van der Waals surface area contributed by atoms with E-state index in [2.05, 4.69) is 10.3 Å². The molecule has 1 N–H and O–H groups in total. The van der Waals surface area contributed by atoms with Gasteiger partial charge in [0, 0.05) is 30.9 Å². The van der Waals surface area contributed by atoms with E-state index >= 15 is 0 Å². The fraction of sp³-hybridized carbons (Fsp3) is 0.273. The van der Waals surface area contributed by atoms with E-state index < -0.39 is 0 Å². The van der Waals surface area contributed by atoms with Gasteiger partial charge in [-0.15, -0.1) is 0 Å². The Kier molecular flexibility index (Phi) is 5.48. The monoisotopic (exact) mass is 390 g/mol. The summed E-state index contributed by atoms with van der Waals surface area (Å²) in [6.45, 7) is 1.34. The largest absolute Gasteiger partial charge is 0.368 e. The van der Waals surface area contributed by atoms with Crippen LogP contribution in [0.15, 0.2) is 54.7 Å². The topological polar surface area (TPSA) is 84.4 Å². The molecule has 1 unspecified atom stereocenters. The van der Waals surface area contributed by atoms with Gasteiger partial charge in [-0.25, -0.2) is 4.98 Å². The second kappa shape index (κ2) is 8.36. The smallest absolute Gasteiger partial charge is 0.251 e. The minimum Gasteiger partial charge on any atom is -0.368 e. The number of nitrogens with zero attached hydrogens (tertiary/aromatic N) is 3. The first-order valence-electron chi connectivity index (χ1n) is 9.57. The number of pyridine rings is 2. The van der Waals surface area contributed by atoms with Crippen LogP contribution in [-0.4, -0.2) is 53.4 Å². The zero-order valence-electron chi connectivity index (χ0n) is 16.2. The van der Waals surface area contributed by atoms with Crippen LogP contribution in [0.5, 0.6) is 0 Å². The summed E-state index contributed by atoms with van der Waals surface area (Å²) in [5, 5.41) is 3.47. The lowest BCUT2D eigenvalue weighted by atomic mass is 10.0.